The summed E-state index contributed by atoms with van der Waals surface area (Å²) in [4.78, 5) is 15.8. The van der Waals surface area contributed by atoms with Crippen molar-refractivity contribution in [2.75, 3.05) is 7.05 Å². The average Bonchev–Trinajstić information content (AvgIpc) is 2.87. The maximum atomic E-state index is 11.3. The van der Waals surface area contributed by atoms with Crippen LogP contribution in [0.5, 0.6) is 0 Å². The van der Waals surface area contributed by atoms with E-state index in [-0.39, 0.29) is 5.91 Å². The average molecular weight is 274 g/mol. The van der Waals surface area contributed by atoms with Gasteiger partial charge in [0.2, 0.25) is 5.91 Å². The van der Waals surface area contributed by atoms with Gasteiger partial charge in [-0.15, -0.1) is 11.3 Å². The number of hydrogen-bond donors (Lipinski definition) is 1. The van der Waals surface area contributed by atoms with Crippen molar-refractivity contribution >= 4 is 17.2 Å². The van der Waals surface area contributed by atoms with Gasteiger partial charge in [0.05, 0.1) is 12.1 Å². The van der Waals surface area contributed by atoms with Crippen LogP contribution in [0, 0.1) is 0 Å². The molecule has 0 bridgehead atoms. The summed E-state index contributed by atoms with van der Waals surface area (Å²) >= 11 is 1.53. The molecular formula is C15H18N2OS. The van der Waals surface area contributed by atoms with Crippen LogP contribution in [0.3, 0.4) is 0 Å². The summed E-state index contributed by atoms with van der Waals surface area (Å²) in [5.74, 6) is 0.532. The standard InChI is InChI=1S/C15H18N2OS/c1-10(2)11-4-6-12(7-5-11)13-9-19-15(17-13)8-14(18)16-3/h4-7,9-10H,8H2,1-3H3,(H,16,18). The number of nitrogens with one attached hydrogen (secondary N) is 1. The van der Waals surface area contributed by atoms with Crippen LogP contribution in [0.15, 0.2) is 29.6 Å². The van der Waals surface area contributed by atoms with Crippen LogP contribution in [0.4, 0.5) is 0 Å². The lowest BCUT2D eigenvalue weighted by Crippen LogP contribution is -2.19. The van der Waals surface area contributed by atoms with Crippen molar-refractivity contribution in [1.29, 1.82) is 0 Å². The van der Waals surface area contributed by atoms with E-state index in [4.69, 9.17) is 0 Å². The van der Waals surface area contributed by atoms with Crippen LogP contribution in [0.2, 0.25) is 0 Å². The fourth-order valence-corrected chi connectivity index (χ4v) is 2.59. The van der Waals surface area contributed by atoms with E-state index in [1.54, 1.807) is 7.05 Å². The van der Waals surface area contributed by atoms with E-state index < -0.39 is 0 Å². The van der Waals surface area contributed by atoms with Gasteiger partial charge in [0.25, 0.3) is 0 Å². The molecule has 0 saturated carbocycles. The predicted molar refractivity (Wildman–Crippen MR) is 79.4 cm³/mol. The molecule has 0 unspecified atom stereocenters. The summed E-state index contributed by atoms with van der Waals surface area (Å²) in [6.07, 6.45) is 0.352. The van der Waals surface area contributed by atoms with Gasteiger partial charge in [0.1, 0.15) is 5.01 Å². The third-order valence-electron chi connectivity index (χ3n) is 3.02. The lowest BCUT2D eigenvalue weighted by atomic mass is 10.0. The number of likely N-dealkylation sites (N-methyl/N-ethyl adjacent to an activating group) is 1. The number of aromatic nitrogens is 1. The molecule has 2 rings (SSSR count). The van der Waals surface area contributed by atoms with Gasteiger partial charge in [-0.3, -0.25) is 4.79 Å². The summed E-state index contributed by atoms with van der Waals surface area (Å²) in [5.41, 5.74) is 3.37. The molecule has 3 nitrogen and oxygen atoms in total. The molecule has 100 valence electrons. The smallest absolute Gasteiger partial charge is 0.226 e. The fraction of sp³-hybridized carbons (Fsp3) is 0.333. The molecule has 0 saturated heterocycles. The Labute approximate surface area is 117 Å². The molecule has 0 aliphatic rings. The normalized spacial score (nSPS) is 10.7. The first-order valence-corrected chi connectivity index (χ1v) is 7.23. The lowest BCUT2D eigenvalue weighted by molar-refractivity contribution is -0.119. The number of nitrogens with zero attached hydrogens (tertiary/aromatic N) is 1. The molecule has 1 aromatic carbocycles. The first-order valence-electron chi connectivity index (χ1n) is 6.35. The summed E-state index contributed by atoms with van der Waals surface area (Å²) in [6, 6.07) is 8.46. The molecule has 1 amide bonds. The van der Waals surface area contributed by atoms with Crippen molar-refractivity contribution in [3.05, 3.63) is 40.2 Å². The molecule has 1 heterocycles. The number of carbonyl (C=O) groups excluding carboxylic acids is 1. The number of hydrogen-bond acceptors (Lipinski definition) is 3. The van der Waals surface area contributed by atoms with Crippen LogP contribution >= 0.6 is 11.3 Å². The van der Waals surface area contributed by atoms with Gasteiger partial charge in [0.15, 0.2) is 0 Å². The highest BCUT2D eigenvalue weighted by Crippen LogP contribution is 2.24. The zero-order chi connectivity index (χ0) is 13.8. The second kappa shape index (κ2) is 5.97. The number of carbonyl (C=O) groups is 1. The number of rotatable bonds is 4. The Balaban J connectivity index is 2.16. The van der Waals surface area contributed by atoms with Crippen LogP contribution in [-0.4, -0.2) is 17.9 Å². The Morgan fingerprint density at radius 1 is 1.32 bits per heavy atom. The highest BCUT2D eigenvalue weighted by atomic mass is 32.1. The van der Waals surface area contributed by atoms with Crippen LogP contribution in [0.25, 0.3) is 11.3 Å². The number of thiazole rings is 1. The number of amides is 1. The van der Waals surface area contributed by atoms with Gasteiger partial charge < -0.3 is 5.32 Å². The minimum absolute atomic E-state index is 0.00365. The highest BCUT2D eigenvalue weighted by molar-refractivity contribution is 7.10. The molecule has 1 aromatic heterocycles. The Hall–Kier alpha value is -1.68. The summed E-state index contributed by atoms with van der Waals surface area (Å²) < 4.78 is 0. The molecule has 0 aliphatic heterocycles. The first kappa shape index (κ1) is 13.7. The maximum Gasteiger partial charge on any atom is 0.226 e. The fourth-order valence-electron chi connectivity index (χ4n) is 1.79. The zero-order valence-electron chi connectivity index (χ0n) is 11.4. The van der Waals surface area contributed by atoms with Gasteiger partial charge in [-0.05, 0) is 11.5 Å². The molecular weight excluding hydrogens is 256 g/mol. The van der Waals surface area contributed by atoms with E-state index in [1.165, 1.54) is 16.9 Å². The maximum absolute atomic E-state index is 11.3. The summed E-state index contributed by atoms with van der Waals surface area (Å²) in [7, 11) is 1.64. The largest absolute Gasteiger partial charge is 0.359 e. The van der Waals surface area contributed by atoms with Gasteiger partial charge in [-0.2, -0.15) is 0 Å². The van der Waals surface area contributed by atoms with Crippen molar-refractivity contribution in [2.24, 2.45) is 0 Å². The minimum atomic E-state index is -0.00365. The Kier molecular flexibility index (Phi) is 4.32. The molecule has 0 atom stereocenters. The Morgan fingerprint density at radius 3 is 2.58 bits per heavy atom. The van der Waals surface area contributed by atoms with E-state index in [2.05, 4.69) is 48.4 Å². The predicted octanol–water partition coefficient (Wildman–Crippen LogP) is 3.22. The van der Waals surface area contributed by atoms with Crippen LogP contribution in [-0.2, 0) is 11.2 Å². The van der Waals surface area contributed by atoms with Crippen molar-refractivity contribution in [1.82, 2.24) is 10.3 Å². The summed E-state index contributed by atoms with van der Waals surface area (Å²) in [6.45, 7) is 4.36. The van der Waals surface area contributed by atoms with Gasteiger partial charge in [-0.1, -0.05) is 38.1 Å². The van der Waals surface area contributed by atoms with Crippen molar-refractivity contribution in [2.45, 2.75) is 26.2 Å². The van der Waals surface area contributed by atoms with E-state index in [9.17, 15) is 4.79 Å². The molecule has 19 heavy (non-hydrogen) atoms. The van der Waals surface area contributed by atoms with Gasteiger partial charge in [-0.25, -0.2) is 4.98 Å². The molecule has 0 radical (unpaired) electrons. The topological polar surface area (TPSA) is 42.0 Å². The third-order valence-corrected chi connectivity index (χ3v) is 3.86. The Morgan fingerprint density at radius 2 is 2.00 bits per heavy atom. The lowest BCUT2D eigenvalue weighted by Gasteiger charge is -2.05. The van der Waals surface area contributed by atoms with E-state index in [0.717, 1.165) is 16.3 Å². The second-order valence-corrected chi connectivity index (χ2v) is 5.70. The molecule has 4 heteroatoms. The SMILES string of the molecule is CNC(=O)Cc1nc(-c2ccc(C(C)C)cc2)cs1. The van der Waals surface area contributed by atoms with E-state index in [1.807, 2.05) is 5.38 Å². The molecule has 0 aliphatic carbocycles. The molecule has 1 N–H and O–H groups in total. The van der Waals surface area contributed by atoms with E-state index in [0.29, 0.717) is 12.3 Å². The monoisotopic (exact) mass is 274 g/mol. The van der Waals surface area contributed by atoms with E-state index >= 15 is 0 Å². The Bertz CT molecular complexity index is 558. The quantitative estimate of drug-likeness (QED) is 0.930. The highest BCUT2D eigenvalue weighted by Gasteiger charge is 2.08. The van der Waals surface area contributed by atoms with Crippen LogP contribution in [0.1, 0.15) is 30.3 Å². The number of benzene rings is 1. The van der Waals surface area contributed by atoms with Crippen LogP contribution < -0.4 is 5.32 Å². The van der Waals surface area contributed by atoms with Gasteiger partial charge >= 0.3 is 0 Å². The van der Waals surface area contributed by atoms with Crippen molar-refractivity contribution in [3.8, 4) is 11.3 Å². The summed E-state index contributed by atoms with van der Waals surface area (Å²) in [5, 5.41) is 5.46. The molecule has 0 fully saturated rings. The zero-order valence-corrected chi connectivity index (χ0v) is 12.3. The third kappa shape index (κ3) is 3.41. The minimum Gasteiger partial charge on any atom is -0.359 e. The van der Waals surface area contributed by atoms with Gasteiger partial charge in [0, 0.05) is 18.0 Å². The molecule has 2 aromatic rings. The van der Waals surface area contributed by atoms with Crippen molar-refractivity contribution < 1.29 is 4.79 Å². The van der Waals surface area contributed by atoms with Crippen molar-refractivity contribution in [3.63, 3.8) is 0 Å². The second-order valence-electron chi connectivity index (χ2n) is 4.75. The first-order chi connectivity index (χ1) is 9.10. The molecule has 0 spiro atoms.